The minimum absolute atomic E-state index is 0.000332. The van der Waals surface area contributed by atoms with Crippen molar-refractivity contribution in [3.05, 3.63) is 34.9 Å². The van der Waals surface area contributed by atoms with Gasteiger partial charge in [-0.25, -0.2) is 9.78 Å². The number of amides is 3. The first-order valence-electron chi connectivity index (χ1n) is 12.2. The van der Waals surface area contributed by atoms with Crippen molar-refractivity contribution in [1.29, 1.82) is 0 Å². The van der Waals surface area contributed by atoms with Crippen molar-refractivity contribution in [2.45, 2.75) is 38.1 Å². The number of benzene rings is 1. The Balaban J connectivity index is 1.25. The summed E-state index contributed by atoms with van der Waals surface area (Å²) in [7, 11) is 2.00. The van der Waals surface area contributed by atoms with Crippen molar-refractivity contribution in [3.63, 3.8) is 0 Å². The van der Waals surface area contributed by atoms with Gasteiger partial charge in [-0.1, -0.05) is 6.07 Å². The normalized spacial score (nSPS) is 17.9. The van der Waals surface area contributed by atoms with E-state index in [2.05, 4.69) is 52.1 Å². The Kier molecular flexibility index (Phi) is 8.75. The van der Waals surface area contributed by atoms with Crippen molar-refractivity contribution in [3.8, 4) is 0 Å². The molecule has 2 saturated heterocycles. The van der Waals surface area contributed by atoms with Crippen molar-refractivity contribution in [1.82, 2.24) is 25.1 Å². The second kappa shape index (κ2) is 12.2. The van der Waals surface area contributed by atoms with Gasteiger partial charge < -0.3 is 26.2 Å². The summed E-state index contributed by atoms with van der Waals surface area (Å²) in [6.45, 7) is 3.86. The van der Waals surface area contributed by atoms with Crippen LogP contribution in [0.25, 0.3) is 0 Å². The maximum absolute atomic E-state index is 12.4. The zero-order chi connectivity index (χ0) is 24.6. The third-order valence-corrected chi connectivity index (χ3v) is 6.86. The standard InChI is InChI=1S/C24H33BrN8O2/c1-32-12-5-9-20(32)22(34)27-11-6-10-26-21-19(25)16-28-23(31-21)29-17-7-4-8-18(15-17)30-24(35)33-13-2-3-14-33/h4,7-8,15-16,20H,2-3,5-6,9-14H2,1H3,(H,27,34)(H,30,35)(H2,26,28,29,31). The average molecular weight is 545 g/mol. The van der Waals surface area contributed by atoms with Crippen LogP contribution in [0.15, 0.2) is 34.9 Å². The molecule has 3 amide bonds. The number of anilines is 4. The van der Waals surface area contributed by atoms with Gasteiger partial charge in [-0.05, 0) is 79.8 Å². The molecule has 0 radical (unpaired) electrons. The van der Waals surface area contributed by atoms with Gasteiger partial charge in [-0.2, -0.15) is 4.98 Å². The first-order valence-corrected chi connectivity index (χ1v) is 13.0. The average Bonchev–Trinajstić information content (AvgIpc) is 3.53. The summed E-state index contributed by atoms with van der Waals surface area (Å²) in [5.74, 6) is 1.22. The van der Waals surface area contributed by atoms with E-state index in [1.54, 1.807) is 6.20 Å². The summed E-state index contributed by atoms with van der Waals surface area (Å²) in [6, 6.07) is 7.42. The molecule has 10 nitrogen and oxygen atoms in total. The van der Waals surface area contributed by atoms with Crippen LogP contribution in [-0.4, -0.2) is 77.5 Å². The second-order valence-corrected chi connectivity index (χ2v) is 9.78. The van der Waals surface area contributed by atoms with Crippen LogP contribution in [-0.2, 0) is 4.79 Å². The van der Waals surface area contributed by atoms with Crippen LogP contribution < -0.4 is 21.3 Å². The molecule has 0 saturated carbocycles. The third kappa shape index (κ3) is 7.04. The predicted molar refractivity (Wildman–Crippen MR) is 141 cm³/mol. The predicted octanol–water partition coefficient (Wildman–Crippen LogP) is 3.62. The van der Waals surface area contributed by atoms with E-state index in [0.717, 1.165) is 61.9 Å². The van der Waals surface area contributed by atoms with E-state index >= 15 is 0 Å². The van der Waals surface area contributed by atoms with E-state index in [1.807, 2.05) is 36.2 Å². The zero-order valence-electron chi connectivity index (χ0n) is 20.0. The van der Waals surface area contributed by atoms with Crippen molar-refractivity contribution >= 4 is 51.0 Å². The highest BCUT2D eigenvalue weighted by molar-refractivity contribution is 9.10. The Morgan fingerprint density at radius 3 is 2.69 bits per heavy atom. The Morgan fingerprint density at radius 1 is 1.11 bits per heavy atom. The lowest BCUT2D eigenvalue weighted by Gasteiger charge is -2.18. The SMILES string of the molecule is CN1CCCC1C(=O)NCCCNc1nc(Nc2cccc(NC(=O)N3CCCC3)c2)ncc1Br. The van der Waals surface area contributed by atoms with Crippen LogP contribution in [0.4, 0.5) is 27.9 Å². The lowest BCUT2D eigenvalue weighted by Crippen LogP contribution is -2.41. The summed E-state index contributed by atoms with van der Waals surface area (Å²) in [5, 5.41) is 12.5. The van der Waals surface area contributed by atoms with Crippen LogP contribution in [0.2, 0.25) is 0 Å². The van der Waals surface area contributed by atoms with Gasteiger partial charge in [0.05, 0.1) is 10.5 Å². The van der Waals surface area contributed by atoms with Gasteiger partial charge in [0.2, 0.25) is 11.9 Å². The van der Waals surface area contributed by atoms with E-state index in [0.29, 0.717) is 30.5 Å². The van der Waals surface area contributed by atoms with Crippen LogP contribution >= 0.6 is 15.9 Å². The molecule has 2 fully saturated rings. The maximum Gasteiger partial charge on any atom is 0.321 e. The molecule has 1 aromatic carbocycles. The highest BCUT2D eigenvalue weighted by Crippen LogP contribution is 2.23. The lowest BCUT2D eigenvalue weighted by molar-refractivity contribution is -0.125. The number of likely N-dealkylation sites (N-methyl/N-ethyl adjacent to an activating group) is 1. The first-order chi connectivity index (χ1) is 17.0. The fraction of sp³-hybridized carbons (Fsp3) is 0.500. The number of urea groups is 1. The maximum atomic E-state index is 12.4. The van der Waals surface area contributed by atoms with Crippen LogP contribution in [0, 0.1) is 0 Å². The molecule has 0 aliphatic carbocycles. The van der Waals surface area contributed by atoms with Gasteiger partial charge in [0.25, 0.3) is 0 Å². The van der Waals surface area contributed by atoms with Gasteiger partial charge >= 0.3 is 6.03 Å². The number of rotatable bonds is 9. The number of aromatic nitrogens is 2. The minimum atomic E-state index is -0.0718. The molecule has 35 heavy (non-hydrogen) atoms. The molecule has 2 aromatic rings. The molecule has 0 spiro atoms. The lowest BCUT2D eigenvalue weighted by atomic mass is 10.2. The topological polar surface area (TPSA) is 115 Å². The molecule has 0 bridgehead atoms. The number of likely N-dealkylation sites (tertiary alicyclic amines) is 2. The fourth-order valence-corrected chi connectivity index (χ4v) is 4.68. The number of halogens is 1. The molecule has 188 valence electrons. The van der Waals surface area contributed by atoms with Crippen molar-refractivity contribution < 1.29 is 9.59 Å². The minimum Gasteiger partial charge on any atom is -0.369 e. The first kappa shape index (κ1) is 25.2. The molecule has 1 unspecified atom stereocenters. The van der Waals surface area contributed by atoms with Gasteiger partial charge in [0.15, 0.2) is 0 Å². The summed E-state index contributed by atoms with van der Waals surface area (Å²) in [6.07, 6.45) is 6.58. The molecular weight excluding hydrogens is 512 g/mol. The number of carbonyl (C=O) groups is 2. The molecule has 11 heteroatoms. The highest BCUT2D eigenvalue weighted by Gasteiger charge is 2.27. The largest absolute Gasteiger partial charge is 0.369 e. The third-order valence-electron chi connectivity index (χ3n) is 6.28. The molecule has 4 rings (SSSR count). The summed E-state index contributed by atoms with van der Waals surface area (Å²) >= 11 is 3.49. The number of hydrogen-bond acceptors (Lipinski definition) is 7. The van der Waals surface area contributed by atoms with Crippen molar-refractivity contribution in [2.24, 2.45) is 0 Å². The Labute approximate surface area is 214 Å². The number of carbonyl (C=O) groups excluding carboxylic acids is 2. The molecule has 1 aromatic heterocycles. The van der Waals surface area contributed by atoms with Gasteiger partial charge in [-0.3, -0.25) is 9.69 Å². The number of nitrogens with zero attached hydrogens (tertiary/aromatic N) is 4. The van der Waals surface area contributed by atoms with Gasteiger partial charge in [0, 0.05) is 43.8 Å². The van der Waals surface area contributed by atoms with Gasteiger partial charge in [-0.15, -0.1) is 0 Å². The summed E-state index contributed by atoms with van der Waals surface area (Å²) < 4.78 is 0.756. The molecule has 3 heterocycles. The molecule has 2 aliphatic rings. The number of nitrogens with one attached hydrogen (secondary N) is 4. The molecule has 1 atom stereocenters. The van der Waals surface area contributed by atoms with Crippen LogP contribution in [0.1, 0.15) is 32.1 Å². The Bertz CT molecular complexity index is 1030. The molecular formula is C24H33BrN8O2. The second-order valence-electron chi connectivity index (χ2n) is 8.93. The Morgan fingerprint density at radius 2 is 1.91 bits per heavy atom. The van der Waals surface area contributed by atoms with Crippen molar-refractivity contribution in [2.75, 3.05) is 55.7 Å². The smallest absolute Gasteiger partial charge is 0.321 e. The van der Waals surface area contributed by atoms with E-state index < -0.39 is 0 Å². The van der Waals surface area contributed by atoms with Gasteiger partial charge in [0.1, 0.15) is 5.82 Å². The summed E-state index contributed by atoms with van der Waals surface area (Å²) in [5.41, 5.74) is 1.49. The summed E-state index contributed by atoms with van der Waals surface area (Å²) in [4.78, 5) is 37.5. The van der Waals surface area contributed by atoms with Crippen LogP contribution in [0.3, 0.4) is 0 Å². The van der Waals surface area contributed by atoms with E-state index in [4.69, 9.17) is 0 Å². The fourth-order valence-electron chi connectivity index (χ4n) is 4.34. The van der Waals surface area contributed by atoms with E-state index in [-0.39, 0.29) is 18.0 Å². The zero-order valence-corrected chi connectivity index (χ0v) is 21.6. The molecule has 4 N–H and O–H groups in total. The number of hydrogen-bond donors (Lipinski definition) is 4. The highest BCUT2D eigenvalue weighted by atomic mass is 79.9. The van der Waals surface area contributed by atoms with Crippen LogP contribution in [0.5, 0.6) is 0 Å². The Hall–Kier alpha value is -2.92. The monoisotopic (exact) mass is 544 g/mol. The molecule has 2 aliphatic heterocycles. The quantitative estimate of drug-likeness (QED) is 0.356. The van der Waals surface area contributed by atoms with E-state index in [1.165, 1.54) is 0 Å². The van der Waals surface area contributed by atoms with E-state index in [9.17, 15) is 9.59 Å².